The van der Waals surface area contributed by atoms with Crippen molar-refractivity contribution in [3.05, 3.63) is 11.6 Å². The molecule has 3 atom stereocenters. The molecule has 0 aliphatic carbocycles. The Morgan fingerprint density at radius 3 is 2.90 bits per heavy atom. The van der Waals surface area contributed by atoms with E-state index < -0.39 is 0 Å². The van der Waals surface area contributed by atoms with Crippen LogP contribution in [0.15, 0.2) is 11.6 Å². The Kier molecular flexibility index (Phi) is 5.69. The second-order valence-electron chi connectivity index (χ2n) is 5.69. The molecule has 2 N–H and O–H groups in total. The summed E-state index contributed by atoms with van der Waals surface area (Å²) < 4.78 is 0. The third-order valence-electron chi connectivity index (χ3n) is 3.88. The zero-order valence-electron chi connectivity index (χ0n) is 12.8. The number of nitrogens with one attached hydrogen (secondary N) is 1. The number of aliphatic hydroxyl groups excluding tert-OH is 1. The summed E-state index contributed by atoms with van der Waals surface area (Å²) in [5, 5.41) is 14.8. The quantitative estimate of drug-likeness (QED) is 0.844. The lowest BCUT2D eigenvalue weighted by molar-refractivity contribution is -0.122. The highest BCUT2D eigenvalue weighted by molar-refractivity contribution is 7.13. The number of carbonyl (C=O) groups is 1. The first kappa shape index (κ1) is 16.4. The van der Waals surface area contributed by atoms with E-state index in [9.17, 15) is 9.90 Å². The second-order valence-corrected chi connectivity index (χ2v) is 6.58. The van der Waals surface area contributed by atoms with Gasteiger partial charge in [-0.2, -0.15) is 0 Å². The van der Waals surface area contributed by atoms with Crippen LogP contribution in [-0.4, -0.2) is 70.2 Å². The van der Waals surface area contributed by atoms with Crippen LogP contribution in [0, 0.1) is 0 Å². The number of aromatic nitrogens is 1. The number of β-amino-alcohol motifs (C(OH)–C–C–N with tert-alkyl or cyclic N) is 1. The number of hydrogen-bond acceptors (Lipinski definition) is 6. The van der Waals surface area contributed by atoms with Gasteiger partial charge in [-0.05, 0) is 20.8 Å². The molecule has 118 valence electrons. The van der Waals surface area contributed by atoms with E-state index >= 15 is 0 Å². The van der Waals surface area contributed by atoms with Gasteiger partial charge in [-0.3, -0.25) is 14.6 Å². The Hall–Kier alpha value is -1.02. The highest BCUT2D eigenvalue weighted by Gasteiger charge is 2.30. The van der Waals surface area contributed by atoms with Crippen molar-refractivity contribution < 1.29 is 9.90 Å². The van der Waals surface area contributed by atoms with E-state index in [1.54, 1.807) is 6.20 Å². The van der Waals surface area contributed by atoms with Gasteiger partial charge in [-0.25, -0.2) is 4.98 Å². The lowest BCUT2D eigenvalue weighted by atomic mass is 10.1. The fourth-order valence-corrected chi connectivity index (χ4v) is 3.18. The van der Waals surface area contributed by atoms with Crippen LogP contribution >= 0.6 is 11.3 Å². The molecule has 0 saturated carbocycles. The lowest BCUT2D eigenvalue weighted by Crippen LogP contribution is -2.57. The number of piperazine rings is 1. The molecule has 1 saturated heterocycles. The van der Waals surface area contributed by atoms with E-state index in [1.165, 1.54) is 11.3 Å². The number of anilines is 1. The highest BCUT2D eigenvalue weighted by atomic mass is 32.1. The van der Waals surface area contributed by atoms with Crippen molar-refractivity contribution in [2.45, 2.75) is 39.0 Å². The van der Waals surface area contributed by atoms with E-state index in [2.05, 4.69) is 27.0 Å². The van der Waals surface area contributed by atoms with Gasteiger partial charge in [0, 0.05) is 43.8 Å². The maximum Gasteiger partial charge on any atom is 0.243 e. The molecule has 0 spiro atoms. The molecule has 1 aromatic rings. The van der Waals surface area contributed by atoms with Gasteiger partial charge in [0.25, 0.3) is 0 Å². The smallest absolute Gasteiger partial charge is 0.243 e. The van der Waals surface area contributed by atoms with Crippen LogP contribution in [0.5, 0.6) is 0 Å². The fraction of sp³-hybridized carbons (Fsp3) is 0.714. The molecule has 1 aliphatic rings. The highest BCUT2D eigenvalue weighted by Crippen LogP contribution is 2.15. The Morgan fingerprint density at radius 1 is 1.57 bits per heavy atom. The third-order valence-corrected chi connectivity index (χ3v) is 4.57. The number of rotatable bonds is 5. The summed E-state index contributed by atoms with van der Waals surface area (Å²) >= 11 is 1.43. The number of aliphatic hydroxyl groups is 1. The molecule has 6 nitrogen and oxygen atoms in total. The van der Waals surface area contributed by atoms with Gasteiger partial charge in [0.2, 0.25) is 5.91 Å². The predicted molar refractivity (Wildman–Crippen MR) is 84.5 cm³/mol. The van der Waals surface area contributed by atoms with Crippen molar-refractivity contribution >= 4 is 22.4 Å². The molecule has 21 heavy (non-hydrogen) atoms. The molecule has 0 aromatic carbocycles. The summed E-state index contributed by atoms with van der Waals surface area (Å²) in [6.07, 6.45) is 1.37. The molecule has 7 heteroatoms. The maximum absolute atomic E-state index is 12.2. The van der Waals surface area contributed by atoms with Crippen LogP contribution in [0.3, 0.4) is 0 Å². The molecule has 0 bridgehead atoms. The van der Waals surface area contributed by atoms with Gasteiger partial charge >= 0.3 is 0 Å². The Labute approximate surface area is 129 Å². The number of carbonyl (C=O) groups excluding carboxylic acids is 1. The predicted octanol–water partition coefficient (Wildman–Crippen LogP) is 0.857. The minimum Gasteiger partial charge on any atom is -0.392 e. The Balaban J connectivity index is 1.86. The van der Waals surface area contributed by atoms with Gasteiger partial charge in [-0.1, -0.05) is 0 Å². The van der Waals surface area contributed by atoms with E-state index in [-0.39, 0.29) is 18.1 Å². The van der Waals surface area contributed by atoms with Crippen LogP contribution in [0.4, 0.5) is 5.13 Å². The zero-order valence-corrected chi connectivity index (χ0v) is 13.6. The normalized spacial score (nSPS) is 23.7. The van der Waals surface area contributed by atoms with Gasteiger partial charge in [0.1, 0.15) is 0 Å². The first-order valence-electron chi connectivity index (χ1n) is 7.34. The molecule has 2 rings (SSSR count). The summed E-state index contributed by atoms with van der Waals surface area (Å²) in [4.78, 5) is 20.8. The van der Waals surface area contributed by atoms with Crippen molar-refractivity contribution in [1.29, 1.82) is 0 Å². The Bertz CT molecular complexity index is 452. The fourth-order valence-electron chi connectivity index (χ4n) is 2.65. The molecular formula is C14H24N4O2S. The van der Waals surface area contributed by atoms with Crippen LogP contribution in [0.1, 0.15) is 20.8 Å². The van der Waals surface area contributed by atoms with Crippen molar-refractivity contribution in [3.8, 4) is 0 Å². The van der Waals surface area contributed by atoms with Crippen molar-refractivity contribution in [2.24, 2.45) is 0 Å². The summed E-state index contributed by atoms with van der Waals surface area (Å²) in [7, 11) is 0. The van der Waals surface area contributed by atoms with Gasteiger partial charge in [0.15, 0.2) is 5.13 Å². The van der Waals surface area contributed by atoms with Gasteiger partial charge in [0.05, 0.1) is 12.1 Å². The number of amides is 1. The summed E-state index contributed by atoms with van der Waals surface area (Å²) in [6, 6.07) is 0.161. The summed E-state index contributed by atoms with van der Waals surface area (Å²) in [6.45, 7) is 9.11. The standard InChI is InChI=1S/C14H24N4O2S/c1-10-8-18(6-5-17(10)9-11(2)19)12(3)13(20)16-14-15-4-7-21-14/h4,7,10-12,19H,5-6,8-9H2,1-3H3,(H,15,16,20). The van der Waals surface area contributed by atoms with Crippen LogP contribution in [0.25, 0.3) is 0 Å². The average molecular weight is 312 g/mol. The molecule has 1 aliphatic heterocycles. The number of thiazole rings is 1. The van der Waals surface area contributed by atoms with Crippen molar-refractivity contribution in [3.63, 3.8) is 0 Å². The molecule has 3 unspecified atom stereocenters. The van der Waals surface area contributed by atoms with E-state index in [0.717, 1.165) is 19.6 Å². The lowest BCUT2D eigenvalue weighted by Gasteiger charge is -2.42. The van der Waals surface area contributed by atoms with Crippen LogP contribution in [0.2, 0.25) is 0 Å². The summed E-state index contributed by atoms with van der Waals surface area (Å²) in [5.74, 6) is -0.0128. The largest absolute Gasteiger partial charge is 0.392 e. The van der Waals surface area contributed by atoms with Crippen molar-refractivity contribution in [1.82, 2.24) is 14.8 Å². The average Bonchev–Trinajstić information content (AvgIpc) is 2.92. The molecule has 1 aromatic heterocycles. The monoisotopic (exact) mass is 312 g/mol. The third kappa shape index (κ3) is 4.47. The first-order chi connectivity index (χ1) is 9.97. The van der Waals surface area contributed by atoms with E-state index in [0.29, 0.717) is 17.7 Å². The van der Waals surface area contributed by atoms with Crippen molar-refractivity contribution in [2.75, 3.05) is 31.5 Å². The molecule has 1 fully saturated rings. The van der Waals surface area contributed by atoms with Crippen LogP contribution < -0.4 is 5.32 Å². The second kappa shape index (κ2) is 7.31. The minimum absolute atomic E-state index is 0.0128. The van der Waals surface area contributed by atoms with Crippen LogP contribution in [-0.2, 0) is 4.79 Å². The molecular weight excluding hydrogens is 288 g/mol. The van der Waals surface area contributed by atoms with E-state index in [4.69, 9.17) is 0 Å². The molecule has 1 amide bonds. The SMILES string of the molecule is CC(O)CN1CCN(C(C)C(=O)Nc2nccs2)CC1C. The minimum atomic E-state index is -0.315. The number of nitrogens with zero attached hydrogens (tertiary/aromatic N) is 3. The van der Waals surface area contributed by atoms with E-state index in [1.807, 2.05) is 19.2 Å². The van der Waals surface area contributed by atoms with Gasteiger partial charge < -0.3 is 10.4 Å². The Morgan fingerprint density at radius 2 is 2.33 bits per heavy atom. The maximum atomic E-state index is 12.2. The topological polar surface area (TPSA) is 68.7 Å². The van der Waals surface area contributed by atoms with Gasteiger partial charge in [-0.15, -0.1) is 11.3 Å². The zero-order chi connectivity index (χ0) is 15.4. The summed E-state index contributed by atoms with van der Waals surface area (Å²) in [5.41, 5.74) is 0. The first-order valence-corrected chi connectivity index (χ1v) is 8.22. The molecule has 0 radical (unpaired) electrons. The number of hydrogen-bond donors (Lipinski definition) is 2. The molecule has 2 heterocycles.